The van der Waals surface area contributed by atoms with E-state index in [-0.39, 0.29) is 23.3 Å². The Labute approximate surface area is 121 Å². The molecule has 3 amide bonds. The van der Waals surface area contributed by atoms with Crippen LogP contribution in [0.2, 0.25) is 0 Å². The van der Waals surface area contributed by atoms with Crippen LogP contribution in [0.1, 0.15) is 13.8 Å². The van der Waals surface area contributed by atoms with Crippen LogP contribution in [0.4, 0.5) is 0 Å². The third kappa shape index (κ3) is 10.2. The molecule has 0 spiro atoms. The Hall–Kier alpha value is -1.77. The third-order valence-electron chi connectivity index (χ3n) is 2.01. The van der Waals surface area contributed by atoms with Crippen LogP contribution in [-0.2, 0) is 19.2 Å². The van der Waals surface area contributed by atoms with E-state index in [1.807, 2.05) is 0 Å². The van der Waals surface area contributed by atoms with Crippen LogP contribution >= 0.6 is 11.8 Å². The maximum atomic E-state index is 11.4. The summed E-state index contributed by atoms with van der Waals surface area (Å²) in [6.45, 7) is 3.27. The second-order valence-electron chi connectivity index (χ2n) is 3.94. The molecule has 0 saturated carbocycles. The van der Waals surface area contributed by atoms with Crippen LogP contribution in [0.5, 0.6) is 0 Å². The van der Waals surface area contributed by atoms with Crippen LogP contribution in [0, 0.1) is 0 Å². The van der Waals surface area contributed by atoms with E-state index >= 15 is 0 Å². The number of carboxylic acids is 1. The van der Waals surface area contributed by atoms with Gasteiger partial charge < -0.3 is 21.1 Å². The maximum absolute atomic E-state index is 11.4. The zero-order valence-electron chi connectivity index (χ0n) is 11.4. The highest BCUT2D eigenvalue weighted by molar-refractivity contribution is 8.00. The van der Waals surface area contributed by atoms with Crippen molar-refractivity contribution in [1.29, 1.82) is 0 Å². The second-order valence-corrected chi connectivity index (χ2v) is 4.97. The number of hydrogen-bond acceptors (Lipinski definition) is 5. The Bertz CT molecular complexity index is 375. The minimum atomic E-state index is -1.14. The normalized spacial score (nSPS) is 11.3. The molecule has 0 rings (SSSR count). The molecule has 0 saturated heterocycles. The minimum Gasteiger partial charge on any atom is -0.480 e. The lowest BCUT2D eigenvalue weighted by molar-refractivity contribution is -0.140. The fourth-order valence-corrected chi connectivity index (χ4v) is 2.05. The lowest BCUT2D eigenvalue weighted by Crippen LogP contribution is -2.42. The van der Waals surface area contributed by atoms with E-state index in [2.05, 4.69) is 16.0 Å². The van der Waals surface area contributed by atoms with Crippen LogP contribution < -0.4 is 16.0 Å². The number of aliphatic carboxylic acids is 1. The highest BCUT2D eigenvalue weighted by atomic mass is 32.2. The van der Waals surface area contributed by atoms with Crippen molar-refractivity contribution in [2.45, 2.75) is 19.9 Å². The smallest absolute Gasteiger partial charge is 0.327 e. The van der Waals surface area contributed by atoms with E-state index in [0.717, 1.165) is 11.8 Å². The Morgan fingerprint density at radius 1 is 1.05 bits per heavy atom. The van der Waals surface area contributed by atoms with Gasteiger partial charge in [0.15, 0.2) is 0 Å². The van der Waals surface area contributed by atoms with Gasteiger partial charge in [0.05, 0.1) is 5.75 Å². The molecular formula is C11H19N3O5S. The summed E-state index contributed by atoms with van der Waals surface area (Å²) in [5, 5.41) is 16.2. The molecule has 114 valence electrons. The molecule has 0 aromatic heterocycles. The van der Waals surface area contributed by atoms with E-state index in [4.69, 9.17) is 5.11 Å². The Morgan fingerprint density at radius 3 is 2.15 bits per heavy atom. The SMILES string of the molecule is CC(=O)NCCNC(=O)CSC[C@H](NC(C)=O)C(=O)O. The van der Waals surface area contributed by atoms with Crippen molar-refractivity contribution >= 4 is 35.5 Å². The zero-order chi connectivity index (χ0) is 15.5. The van der Waals surface area contributed by atoms with Gasteiger partial charge in [-0.25, -0.2) is 4.79 Å². The molecule has 9 heteroatoms. The quantitative estimate of drug-likeness (QED) is 0.387. The molecule has 20 heavy (non-hydrogen) atoms. The van der Waals surface area contributed by atoms with Gasteiger partial charge in [-0.1, -0.05) is 0 Å². The van der Waals surface area contributed by atoms with Gasteiger partial charge >= 0.3 is 5.97 Å². The molecular weight excluding hydrogens is 286 g/mol. The molecule has 0 unspecified atom stereocenters. The van der Waals surface area contributed by atoms with Gasteiger partial charge in [0.1, 0.15) is 6.04 Å². The molecule has 0 radical (unpaired) electrons. The van der Waals surface area contributed by atoms with E-state index in [1.165, 1.54) is 13.8 Å². The van der Waals surface area contributed by atoms with Gasteiger partial charge in [0, 0.05) is 32.7 Å². The number of hydrogen-bond donors (Lipinski definition) is 4. The van der Waals surface area contributed by atoms with Crippen LogP contribution in [0.3, 0.4) is 0 Å². The molecule has 4 N–H and O–H groups in total. The van der Waals surface area contributed by atoms with Crippen LogP contribution in [0.25, 0.3) is 0 Å². The van der Waals surface area contributed by atoms with Crippen molar-refractivity contribution in [2.75, 3.05) is 24.6 Å². The second kappa shape index (κ2) is 10.1. The first-order valence-electron chi connectivity index (χ1n) is 5.91. The van der Waals surface area contributed by atoms with Gasteiger partial charge in [-0.3, -0.25) is 14.4 Å². The van der Waals surface area contributed by atoms with Crippen molar-refractivity contribution in [3.8, 4) is 0 Å². The van der Waals surface area contributed by atoms with Gasteiger partial charge in [0.2, 0.25) is 17.7 Å². The number of carboxylic acid groups (broad SMARTS) is 1. The molecule has 0 aromatic rings. The van der Waals surface area contributed by atoms with Gasteiger partial charge in [-0.2, -0.15) is 0 Å². The molecule has 0 fully saturated rings. The van der Waals surface area contributed by atoms with Crippen molar-refractivity contribution in [3.63, 3.8) is 0 Å². The number of amides is 3. The monoisotopic (exact) mass is 305 g/mol. The fourth-order valence-electron chi connectivity index (χ4n) is 1.18. The average Bonchev–Trinajstić information content (AvgIpc) is 2.32. The fraction of sp³-hybridized carbons (Fsp3) is 0.636. The van der Waals surface area contributed by atoms with Crippen molar-refractivity contribution in [3.05, 3.63) is 0 Å². The minimum absolute atomic E-state index is 0.0867. The standard InChI is InChI=1S/C11H19N3O5S/c1-7(15)12-3-4-13-10(17)6-20-5-9(11(18)19)14-8(2)16/h9H,3-6H2,1-2H3,(H,12,15)(H,13,17)(H,14,16)(H,18,19)/t9-/m0/s1. The predicted molar refractivity (Wildman–Crippen MR) is 74.3 cm³/mol. The van der Waals surface area contributed by atoms with E-state index < -0.39 is 17.9 Å². The lowest BCUT2D eigenvalue weighted by Gasteiger charge is -2.12. The molecule has 1 atom stereocenters. The molecule has 0 bridgehead atoms. The lowest BCUT2D eigenvalue weighted by atomic mass is 10.3. The number of nitrogens with one attached hydrogen (secondary N) is 3. The summed E-state index contributed by atoms with van der Waals surface area (Å²) < 4.78 is 0. The summed E-state index contributed by atoms with van der Waals surface area (Å²) in [6.07, 6.45) is 0. The molecule has 0 aromatic carbocycles. The summed E-state index contributed by atoms with van der Waals surface area (Å²) in [4.78, 5) is 43.6. The first kappa shape index (κ1) is 18.2. The van der Waals surface area contributed by atoms with Gasteiger partial charge in [-0.05, 0) is 0 Å². The Morgan fingerprint density at radius 2 is 1.65 bits per heavy atom. The Balaban J connectivity index is 3.80. The van der Waals surface area contributed by atoms with Crippen LogP contribution in [-0.4, -0.2) is 59.4 Å². The Kier molecular flexibility index (Phi) is 9.18. The molecule has 0 aliphatic carbocycles. The highest BCUT2D eigenvalue weighted by Gasteiger charge is 2.18. The van der Waals surface area contributed by atoms with Crippen LogP contribution in [0.15, 0.2) is 0 Å². The summed E-state index contributed by atoms with van der Waals surface area (Å²) in [6, 6.07) is -1.01. The molecule has 0 heterocycles. The maximum Gasteiger partial charge on any atom is 0.327 e. The van der Waals surface area contributed by atoms with Crippen molar-refractivity contribution < 1.29 is 24.3 Å². The van der Waals surface area contributed by atoms with E-state index in [0.29, 0.717) is 13.1 Å². The first-order chi connectivity index (χ1) is 9.32. The van der Waals surface area contributed by atoms with E-state index in [1.54, 1.807) is 0 Å². The van der Waals surface area contributed by atoms with Gasteiger partial charge in [0.25, 0.3) is 0 Å². The number of carbonyl (C=O) groups excluding carboxylic acids is 3. The highest BCUT2D eigenvalue weighted by Crippen LogP contribution is 2.03. The van der Waals surface area contributed by atoms with Crippen molar-refractivity contribution in [1.82, 2.24) is 16.0 Å². The average molecular weight is 305 g/mol. The summed E-state index contributed by atoms with van der Waals surface area (Å²) >= 11 is 1.11. The largest absolute Gasteiger partial charge is 0.480 e. The summed E-state index contributed by atoms with van der Waals surface area (Å²) in [5.74, 6) is -1.81. The molecule has 8 nitrogen and oxygen atoms in total. The first-order valence-corrected chi connectivity index (χ1v) is 7.07. The number of thioether (sulfide) groups is 1. The van der Waals surface area contributed by atoms with Gasteiger partial charge in [-0.15, -0.1) is 11.8 Å². The third-order valence-corrected chi connectivity index (χ3v) is 3.05. The zero-order valence-corrected chi connectivity index (χ0v) is 12.2. The van der Waals surface area contributed by atoms with Crippen molar-refractivity contribution in [2.24, 2.45) is 0 Å². The number of carbonyl (C=O) groups is 4. The van der Waals surface area contributed by atoms with E-state index in [9.17, 15) is 19.2 Å². The summed E-state index contributed by atoms with van der Waals surface area (Å²) in [5.41, 5.74) is 0. The predicted octanol–water partition coefficient (Wildman–Crippen LogP) is -1.44. The topological polar surface area (TPSA) is 125 Å². The molecule has 0 aliphatic heterocycles. The molecule has 0 aliphatic rings. The summed E-state index contributed by atoms with van der Waals surface area (Å²) in [7, 11) is 0. The number of rotatable bonds is 9.